The van der Waals surface area contributed by atoms with Crippen LogP contribution in [0.3, 0.4) is 0 Å². The van der Waals surface area contributed by atoms with Crippen LogP contribution in [0.25, 0.3) is 0 Å². The van der Waals surface area contributed by atoms with Gasteiger partial charge in [-0.3, -0.25) is 4.79 Å². The first-order valence-electron chi connectivity index (χ1n) is 9.16. The highest BCUT2D eigenvalue weighted by Gasteiger charge is 2.58. The average molecular weight is 306 g/mol. The van der Waals surface area contributed by atoms with Crippen LogP contribution in [0.2, 0.25) is 0 Å². The minimum Gasteiger partial charge on any atom is -0.393 e. The Morgan fingerprint density at radius 1 is 1.27 bits per heavy atom. The van der Waals surface area contributed by atoms with Crippen molar-refractivity contribution in [1.29, 1.82) is 0 Å². The fraction of sp³-hybridized carbons (Fsp3) is 0.842. The summed E-state index contributed by atoms with van der Waals surface area (Å²) in [6.07, 6.45) is 12.2. The maximum Gasteiger partial charge on any atom is 0.139 e. The number of carbonyl (C=O) groups excluding carboxylic acids is 1. The number of hydrogen-bond acceptors (Lipinski definition) is 3. The van der Waals surface area contributed by atoms with Gasteiger partial charge in [-0.25, -0.2) is 0 Å². The summed E-state index contributed by atoms with van der Waals surface area (Å²) in [6.45, 7) is 2.10. The molecule has 0 aromatic rings. The molecule has 0 aromatic carbocycles. The summed E-state index contributed by atoms with van der Waals surface area (Å²) in [5.74, 6) is 1.09. The van der Waals surface area contributed by atoms with Gasteiger partial charge < -0.3 is 10.2 Å². The molecule has 0 amide bonds. The van der Waals surface area contributed by atoms with E-state index in [1.54, 1.807) is 0 Å². The number of aliphatic hydroxyl groups is 2. The van der Waals surface area contributed by atoms with Crippen molar-refractivity contribution in [3.05, 3.63) is 12.2 Å². The Hall–Kier alpha value is -0.670. The van der Waals surface area contributed by atoms with E-state index in [0.717, 1.165) is 25.7 Å². The third kappa shape index (κ3) is 2.67. The van der Waals surface area contributed by atoms with Gasteiger partial charge in [-0.05, 0) is 43.9 Å². The van der Waals surface area contributed by atoms with Gasteiger partial charge in [0, 0.05) is 17.8 Å². The van der Waals surface area contributed by atoms with Crippen LogP contribution in [-0.4, -0.2) is 28.2 Å². The first-order valence-corrected chi connectivity index (χ1v) is 9.16. The minimum atomic E-state index is -0.388. The van der Waals surface area contributed by atoms with Gasteiger partial charge in [0.1, 0.15) is 5.78 Å². The van der Waals surface area contributed by atoms with Crippen molar-refractivity contribution in [3.8, 4) is 0 Å². The second-order valence-corrected chi connectivity index (χ2v) is 7.70. The number of ketones is 1. The highest BCUT2D eigenvalue weighted by molar-refractivity contribution is 5.91. The van der Waals surface area contributed by atoms with Gasteiger partial charge in [-0.2, -0.15) is 0 Å². The molecule has 3 aliphatic carbocycles. The summed E-state index contributed by atoms with van der Waals surface area (Å²) in [4.78, 5) is 12.1. The summed E-state index contributed by atoms with van der Waals surface area (Å²) in [5, 5.41) is 20.8. The van der Waals surface area contributed by atoms with Crippen LogP contribution in [-0.2, 0) is 4.79 Å². The van der Waals surface area contributed by atoms with Gasteiger partial charge in [0.2, 0.25) is 0 Å². The van der Waals surface area contributed by atoms with Crippen molar-refractivity contribution >= 4 is 5.78 Å². The van der Waals surface area contributed by atoms with E-state index in [0.29, 0.717) is 24.5 Å². The van der Waals surface area contributed by atoms with Crippen LogP contribution >= 0.6 is 0 Å². The Balaban J connectivity index is 1.67. The molecular formula is C19H30O3. The lowest BCUT2D eigenvalue weighted by molar-refractivity contribution is -0.160. The molecule has 0 heterocycles. The van der Waals surface area contributed by atoms with Gasteiger partial charge >= 0.3 is 0 Å². The number of fused-ring (bicyclic) bond motifs is 1. The topological polar surface area (TPSA) is 57.5 Å². The summed E-state index contributed by atoms with van der Waals surface area (Å²) < 4.78 is 0. The van der Waals surface area contributed by atoms with Crippen molar-refractivity contribution in [2.45, 2.75) is 76.9 Å². The van der Waals surface area contributed by atoms with Crippen LogP contribution in [0.1, 0.15) is 64.7 Å². The second kappa shape index (κ2) is 6.45. The quantitative estimate of drug-likeness (QED) is 0.784. The zero-order valence-corrected chi connectivity index (χ0v) is 13.7. The Morgan fingerprint density at radius 2 is 2.00 bits per heavy atom. The molecule has 3 aliphatic rings. The highest BCUT2D eigenvalue weighted by atomic mass is 16.3. The van der Waals surface area contributed by atoms with E-state index in [1.807, 2.05) is 12.2 Å². The molecule has 3 fully saturated rings. The lowest BCUT2D eigenvalue weighted by Crippen LogP contribution is -2.57. The number of rotatable bonds is 4. The summed E-state index contributed by atoms with van der Waals surface area (Å²) >= 11 is 0. The van der Waals surface area contributed by atoms with Crippen LogP contribution in [0, 0.1) is 23.2 Å². The Morgan fingerprint density at radius 3 is 2.64 bits per heavy atom. The zero-order valence-electron chi connectivity index (χ0n) is 13.7. The van der Waals surface area contributed by atoms with E-state index in [9.17, 15) is 15.0 Å². The van der Waals surface area contributed by atoms with Crippen LogP contribution in [0.5, 0.6) is 0 Å². The molecule has 2 N–H and O–H groups in total. The number of Topliss-reactive ketones (excluding diaryl/α,β-unsaturated/α-hetero) is 1. The van der Waals surface area contributed by atoms with Crippen molar-refractivity contribution in [3.63, 3.8) is 0 Å². The molecule has 124 valence electrons. The van der Waals surface area contributed by atoms with Crippen molar-refractivity contribution in [2.24, 2.45) is 23.2 Å². The first-order chi connectivity index (χ1) is 10.6. The van der Waals surface area contributed by atoms with Crippen LogP contribution < -0.4 is 0 Å². The minimum absolute atomic E-state index is 0.0460. The average Bonchev–Trinajstić information content (AvgIpc) is 2.54. The van der Waals surface area contributed by atoms with E-state index in [1.165, 1.54) is 19.3 Å². The molecule has 3 nitrogen and oxygen atoms in total. The highest BCUT2D eigenvalue weighted by Crippen LogP contribution is 2.57. The maximum atomic E-state index is 12.1. The van der Waals surface area contributed by atoms with E-state index < -0.39 is 0 Å². The lowest BCUT2D eigenvalue weighted by atomic mass is 9.48. The van der Waals surface area contributed by atoms with E-state index in [2.05, 4.69) is 6.92 Å². The van der Waals surface area contributed by atoms with E-state index in [4.69, 9.17) is 0 Å². The Bertz CT molecular complexity index is 438. The smallest absolute Gasteiger partial charge is 0.139 e. The monoisotopic (exact) mass is 306 g/mol. The molecule has 5 atom stereocenters. The molecule has 3 heteroatoms. The van der Waals surface area contributed by atoms with Crippen LogP contribution in [0.15, 0.2) is 12.2 Å². The molecule has 0 unspecified atom stereocenters. The third-order valence-electron chi connectivity index (χ3n) is 6.76. The van der Waals surface area contributed by atoms with Gasteiger partial charge in [0.15, 0.2) is 0 Å². The van der Waals surface area contributed by atoms with Crippen LogP contribution in [0.4, 0.5) is 0 Å². The molecule has 0 aromatic heterocycles. The van der Waals surface area contributed by atoms with E-state index >= 15 is 0 Å². The normalized spacial score (nSPS) is 41.2. The Labute approximate surface area is 133 Å². The third-order valence-corrected chi connectivity index (χ3v) is 6.76. The molecular weight excluding hydrogens is 276 g/mol. The standard InChI is InChI=1S/C19H30O3/c1-2-19-11-10-17(21)14(15(19)12-18(19)22)8-9-16(20)13-6-4-3-5-7-13/h8-9,13-17,20-21H,2-7,10-12H2,1H3/t14-,15-,16-,17-,19+/m0/s1. The number of aliphatic hydroxyl groups excluding tert-OH is 2. The molecule has 3 rings (SSSR count). The summed E-state index contributed by atoms with van der Waals surface area (Å²) in [5.41, 5.74) is -0.177. The molecule has 0 radical (unpaired) electrons. The molecule has 3 saturated carbocycles. The molecule has 0 bridgehead atoms. The number of hydrogen-bond donors (Lipinski definition) is 2. The zero-order chi connectivity index (χ0) is 15.7. The predicted octanol–water partition coefficient (Wildman–Crippen LogP) is 3.24. The molecule has 0 saturated heterocycles. The van der Waals surface area contributed by atoms with Gasteiger partial charge in [0.25, 0.3) is 0 Å². The SMILES string of the molecule is CC[C@@]12CC[C@H](O)[C@@H](C=C[C@H](O)C3CCCCC3)[C@@H]1CC2=O. The van der Waals surface area contributed by atoms with Crippen molar-refractivity contribution in [2.75, 3.05) is 0 Å². The fourth-order valence-corrected chi connectivity index (χ4v) is 5.14. The van der Waals surface area contributed by atoms with Gasteiger partial charge in [0.05, 0.1) is 12.2 Å². The Kier molecular flexibility index (Phi) is 4.75. The van der Waals surface area contributed by atoms with Gasteiger partial charge in [-0.1, -0.05) is 38.3 Å². The molecule has 0 spiro atoms. The molecule has 0 aliphatic heterocycles. The largest absolute Gasteiger partial charge is 0.393 e. The predicted molar refractivity (Wildman–Crippen MR) is 86.3 cm³/mol. The molecule has 22 heavy (non-hydrogen) atoms. The number of carbonyl (C=O) groups is 1. The van der Waals surface area contributed by atoms with Crippen molar-refractivity contribution < 1.29 is 15.0 Å². The summed E-state index contributed by atoms with van der Waals surface area (Å²) in [6, 6.07) is 0. The second-order valence-electron chi connectivity index (χ2n) is 7.70. The van der Waals surface area contributed by atoms with Crippen molar-refractivity contribution in [1.82, 2.24) is 0 Å². The lowest BCUT2D eigenvalue weighted by Gasteiger charge is -2.55. The first kappa shape index (κ1) is 16.2. The maximum absolute atomic E-state index is 12.1. The summed E-state index contributed by atoms with van der Waals surface area (Å²) in [7, 11) is 0. The fourth-order valence-electron chi connectivity index (χ4n) is 5.14. The van der Waals surface area contributed by atoms with E-state index in [-0.39, 0.29) is 29.5 Å². The van der Waals surface area contributed by atoms with Gasteiger partial charge in [-0.15, -0.1) is 0 Å².